The van der Waals surface area contributed by atoms with Gasteiger partial charge >= 0.3 is 5.97 Å². The molecular weight excluding hydrogens is 682 g/mol. The number of fused-ring (bicyclic) bond motifs is 11. The number of rotatable bonds is 8. The van der Waals surface area contributed by atoms with Crippen LogP contribution in [0, 0.1) is 5.92 Å². The van der Waals surface area contributed by atoms with Gasteiger partial charge in [0.2, 0.25) is 29.5 Å². The molecule has 1 aromatic heterocycles. The number of aryl methyl sites for hydroxylation is 1. The summed E-state index contributed by atoms with van der Waals surface area (Å²) in [6.07, 6.45) is 2.17. The number of anilines is 1. The Bertz CT molecular complexity index is 1800. The minimum Gasteiger partial charge on any atom is -0.480 e. The Labute approximate surface area is 307 Å². The highest BCUT2D eigenvalue weighted by Gasteiger charge is 2.45. The fraction of sp³-hybridized carbons (Fsp3) is 0.459. The number of likely N-dealkylation sites (tertiary alicyclic amines) is 1. The molecular formula is C37H47N9O7. The minimum absolute atomic E-state index is 0.0439. The van der Waals surface area contributed by atoms with E-state index in [1.165, 1.54) is 4.90 Å². The third-order valence-corrected chi connectivity index (χ3v) is 9.67. The van der Waals surface area contributed by atoms with E-state index < -0.39 is 59.9 Å². The summed E-state index contributed by atoms with van der Waals surface area (Å²) in [5.41, 5.74) is 2.38. The third-order valence-electron chi connectivity index (χ3n) is 9.67. The molecule has 6 bridgehead atoms. The van der Waals surface area contributed by atoms with Gasteiger partial charge in [-0.1, -0.05) is 61.5 Å². The van der Waals surface area contributed by atoms with Crippen molar-refractivity contribution in [2.75, 3.05) is 18.9 Å². The van der Waals surface area contributed by atoms with E-state index in [1.54, 1.807) is 87.2 Å². The van der Waals surface area contributed by atoms with Crippen LogP contribution < -0.4 is 26.6 Å². The number of nitrogens with zero attached hydrogens (tertiary/aromatic N) is 4. The molecule has 1 saturated heterocycles. The number of carboxylic acids is 1. The first-order valence-corrected chi connectivity index (χ1v) is 17.8. The molecule has 6 rings (SSSR count). The molecule has 3 aliphatic rings. The number of likely N-dealkylation sites (N-methyl/N-ethyl adjacent to an activating group) is 1. The average Bonchev–Trinajstić information content (AvgIpc) is 3.80. The van der Waals surface area contributed by atoms with Crippen LogP contribution in [-0.2, 0) is 48.0 Å². The van der Waals surface area contributed by atoms with E-state index in [-0.39, 0.29) is 56.4 Å². The fourth-order valence-electron chi connectivity index (χ4n) is 6.43. The van der Waals surface area contributed by atoms with Crippen molar-refractivity contribution in [3.05, 3.63) is 77.6 Å². The zero-order valence-electron chi connectivity index (χ0n) is 30.2. The Kier molecular flexibility index (Phi) is 12.6. The number of carboxylic acid groups (broad SMARTS) is 1. The summed E-state index contributed by atoms with van der Waals surface area (Å²) in [6.45, 7) is 5.30. The van der Waals surface area contributed by atoms with Gasteiger partial charge in [0.15, 0.2) is 0 Å². The summed E-state index contributed by atoms with van der Waals surface area (Å²) in [7, 11) is 1.63. The number of hydrogen-bond donors (Lipinski definition) is 6. The number of carbonyl (C=O) groups excluding carboxylic acids is 5. The van der Waals surface area contributed by atoms with Crippen molar-refractivity contribution in [1.82, 2.24) is 41.2 Å². The Morgan fingerprint density at radius 2 is 1.68 bits per heavy atom. The van der Waals surface area contributed by atoms with E-state index in [0.717, 1.165) is 5.56 Å². The van der Waals surface area contributed by atoms with Crippen molar-refractivity contribution < 1.29 is 33.9 Å². The standard InChI is InChI=1S/C37H47N9O7/c1-21(2)32(42-33(48)22(3)38-4)36(51)45-20-27-18-30(45)35(50)40-28(16-23-8-6-5-7-9-23)34(49)41-29(37(52)53)17-24-10-12-25(13-11-24)39-31(47)15-14-26-19-46(27)44-43-26/h5-13,19,21-22,27-30,32,38H,14-18,20H2,1-4H3,(H,39,47)(H,40,50)(H,41,49)(H,42,48)(H,52,53). The van der Waals surface area contributed by atoms with Crippen molar-refractivity contribution in [1.29, 1.82) is 0 Å². The molecule has 16 nitrogen and oxygen atoms in total. The first-order chi connectivity index (χ1) is 25.3. The van der Waals surface area contributed by atoms with Crippen LogP contribution in [0.2, 0.25) is 0 Å². The molecule has 5 amide bonds. The van der Waals surface area contributed by atoms with Gasteiger partial charge in [-0.25, -0.2) is 9.48 Å². The summed E-state index contributed by atoms with van der Waals surface area (Å²) in [5, 5.41) is 32.6. The van der Waals surface area contributed by atoms with Crippen molar-refractivity contribution in [3.63, 3.8) is 0 Å². The highest BCUT2D eigenvalue weighted by atomic mass is 16.4. The molecule has 282 valence electrons. The molecule has 2 aromatic carbocycles. The molecule has 1 fully saturated rings. The van der Waals surface area contributed by atoms with Crippen LogP contribution >= 0.6 is 0 Å². The quantitative estimate of drug-likeness (QED) is 0.190. The van der Waals surface area contributed by atoms with Gasteiger partial charge in [0.05, 0.1) is 17.8 Å². The van der Waals surface area contributed by atoms with Crippen LogP contribution in [0.4, 0.5) is 5.69 Å². The Morgan fingerprint density at radius 3 is 2.34 bits per heavy atom. The lowest BCUT2D eigenvalue weighted by Gasteiger charge is -2.31. The predicted molar refractivity (Wildman–Crippen MR) is 193 cm³/mol. The van der Waals surface area contributed by atoms with Gasteiger partial charge in [0, 0.05) is 50.5 Å². The maximum absolute atomic E-state index is 14.3. The number of amides is 5. The zero-order chi connectivity index (χ0) is 38.2. The Hall–Kier alpha value is -5.64. The van der Waals surface area contributed by atoms with Crippen molar-refractivity contribution in [2.24, 2.45) is 5.92 Å². The Morgan fingerprint density at radius 1 is 0.962 bits per heavy atom. The monoisotopic (exact) mass is 729 g/mol. The molecule has 0 saturated carbocycles. The summed E-state index contributed by atoms with van der Waals surface area (Å²) in [6, 6.07) is 9.96. The first-order valence-electron chi connectivity index (χ1n) is 17.8. The second kappa shape index (κ2) is 17.3. The van der Waals surface area contributed by atoms with Gasteiger partial charge in [-0.3, -0.25) is 24.0 Å². The van der Waals surface area contributed by atoms with Crippen molar-refractivity contribution in [2.45, 2.75) is 89.1 Å². The Balaban J connectivity index is 1.51. The van der Waals surface area contributed by atoms with Crippen LogP contribution in [0.25, 0.3) is 0 Å². The van der Waals surface area contributed by atoms with Gasteiger partial charge < -0.3 is 36.6 Å². The van der Waals surface area contributed by atoms with E-state index in [9.17, 15) is 33.9 Å². The SMILES string of the molecule is CNC(C)C(=O)NC(C(=O)N1CC2CC1C(=O)NC(Cc1ccccc1)C(=O)NC(C(=O)O)Cc1ccc(cc1)NC(=O)CCc1cn2nn1)C(C)C. The van der Waals surface area contributed by atoms with Crippen LogP contribution in [0.1, 0.15) is 56.5 Å². The zero-order valence-corrected chi connectivity index (χ0v) is 30.2. The van der Waals surface area contributed by atoms with Crippen LogP contribution in [-0.4, -0.2) is 104 Å². The summed E-state index contributed by atoms with van der Waals surface area (Å²) < 4.78 is 1.57. The van der Waals surface area contributed by atoms with Crippen molar-refractivity contribution >= 4 is 41.2 Å². The fourth-order valence-corrected chi connectivity index (χ4v) is 6.43. The highest BCUT2D eigenvalue weighted by Crippen LogP contribution is 2.29. The number of aromatic nitrogens is 3. The van der Waals surface area contributed by atoms with Gasteiger partial charge in [-0.15, -0.1) is 5.10 Å². The first kappa shape index (κ1) is 38.6. The number of carbonyl (C=O) groups is 6. The number of nitrogens with one attached hydrogen (secondary N) is 5. The maximum Gasteiger partial charge on any atom is 0.326 e. The summed E-state index contributed by atoms with van der Waals surface area (Å²) in [5.74, 6) is -4.07. The van der Waals surface area contributed by atoms with Gasteiger partial charge in [-0.2, -0.15) is 0 Å². The molecule has 3 aromatic rings. The van der Waals surface area contributed by atoms with E-state index >= 15 is 0 Å². The lowest BCUT2D eigenvalue weighted by Crippen LogP contribution is -2.59. The molecule has 6 N–H and O–H groups in total. The number of aliphatic carboxylic acids is 1. The van der Waals surface area contributed by atoms with E-state index in [2.05, 4.69) is 36.9 Å². The maximum atomic E-state index is 14.3. The van der Waals surface area contributed by atoms with Crippen molar-refractivity contribution in [3.8, 4) is 0 Å². The predicted octanol–water partition coefficient (Wildman–Crippen LogP) is 0.593. The molecule has 53 heavy (non-hydrogen) atoms. The number of benzene rings is 2. The second-order valence-electron chi connectivity index (χ2n) is 13.9. The van der Waals surface area contributed by atoms with Gasteiger partial charge in [0.25, 0.3) is 0 Å². The minimum atomic E-state index is -1.34. The van der Waals surface area contributed by atoms with Crippen LogP contribution in [0.3, 0.4) is 0 Å². The molecule has 0 aliphatic carbocycles. The molecule has 16 heteroatoms. The molecule has 6 unspecified atom stereocenters. The lowest BCUT2D eigenvalue weighted by molar-refractivity contribution is -0.144. The second-order valence-corrected chi connectivity index (χ2v) is 13.9. The number of hydrogen-bond acceptors (Lipinski definition) is 9. The largest absolute Gasteiger partial charge is 0.480 e. The molecule has 3 aliphatic heterocycles. The average molecular weight is 730 g/mol. The van der Waals surface area contributed by atoms with Gasteiger partial charge in [-0.05, 0) is 43.1 Å². The smallest absolute Gasteiger partial charge is 0.326 e. The van der Waals surface area contributed by atoms with E-state index in [1.807, 2.05) is 6.07 Å². The van der Waals surface area contributed by atoms with E-state index in [4.69, 9.17) is 0 Å². The topological polar surface area (TPSA) is 217 Å². The summed E-state index contributed by atoms with van der Waals surface area (Å²) >= 11 is 0. The molecule has 4 heterocycles. The van der Waals surface area contributed by atoms with Gasteiger partial charge in [0.1, 0.15) is 24.2 Å². The molecule has 6 atom stereocenters. The third kappa shape index (κ3) is 9.83. The normalized spacial score (nSPS) is 22.2. The van der Waals surface area contributed by atoms with Crippen LogP contribution in [0.15, 0.2) is 60.8 Å². The van der Waals surface area contributed by atoms with E-state index in [0.29, 0.717) is 16.9 Å². The highest BCUT2D eigenvalue weighted by molar-refractivity contribution is 5.96. The lowest BCUT2D eigenvalue weighted by atomic mass is 10.0. The molecule has 0 radical (unpaired) electrons. The molecule has 0 spiro atoms. The van der Waals surface area contributed by atoms with Crippen LogP contribution in [0.5, 0.6) is 0 Å². The summed E-state index contributed by atoms with van der Waals surface area (Å²) in [4.78, 5) is 82.0.